The Labute approximate surface area is 93.8 Å². The van der Waals surface area contributed by atoms with Gasteiger partial charge in [-0.2, -0.15) is 0 Å². The first-order valence-electron chi connectivity index (χ1n) is 6.38. The summed E-state index contributed by atoms with van der Waals surface area (Å²) in [5.74, 6) is 0. The maximum Gasteiger partial charge on any atom is 0.0323 e. The van der Waals surface area contributed by atoms with Gasteiger partial charge >= 0.3 is 0 Å². The molecule has 0 radical (unpaired) electrons. The Morgan fingerprint density at radius 3 is 2.73 bits per heavy atom. The first-order valence-corrected chi connectivity index (χ1v) is 6.38. The van der Waals surface area contributed by atoms with Crippen molar-refractivity contribution in [1.29, 1.82) is 0 Å². The van der Waals surface area contributed by atoms with Gasteiger partial charge in [0.15, 0.2) is 0 Å². The lowest BCUT2D eigenvalue weighted by atomic mass is 10.1. The molecule has 2 fully saturated rings. The van der Waals surface area contributed by atoms with Crippen molar-refractivity contribution >= 4 is 0 Å². The number of hydrogen-bond donors (Lipinski definition) is 1. The molecule has 1 atom stereocenters. The van der Waals surface area contributed by atoms with Gasteiger partial charge in [-0.15, -0.1) is 0 Å². The molecule has 3 nitrogen and oxygen atoms in total. The molecule has 0 aromatic rings. The summed E-state index contributed by atoms with van der Waals surface area (Å²) in [6.45, 7) is 4.77. The van der Waals surface area contributed by atoms with Crippen LogP contribution in [0.25, 0.3) is 0 Å². The van der Waals surface area contributed by atoms with E-state index in [1.807, 2.05) is 0 Å². The molecule has 1 aliphatic carbocycles. The van der Waals surface area contributed by atoms with E-state index in [1.165, 1.54) is 45.3 Å². The van der Waals surface area contributed by atoms with E-state index in [0.717, 1.165) is 12.6 Å². The first kappa shape index (κ1) is 11.4. The van der Waals surface area contributed by atoms with Gasteiger partial charge in [-0.3, -0.25) is 0 Å². The lowest BCUT2D eigenvalue weighted by Crippen LogP contribution is -2.54. The zero-order chi connectivity index (χ0) is 10.7. The molecule has 1 aliphatic heterocycles. The lowest BCUT2D eigenvalue weighted by molar-refractivity contribution is 0.168. The summed E-state index contributed by atoms with van der Waals surface area (Å²) >= 11 is 0. The average Bonchev–Trinajstić information content (AvgIpc) is 2.70. The van der Waals surface area contributed by atoms with Gasteiger partial charge in [0.05, 0.1) is 0 Å². The second kappa shape index (κ2) is 5.28. The molecular weight excluding hydrogens is 186 g/mol. The minimum atomic E-state index is 0.675. The van der Waals surface area contributed by atoms with Crippen LogP contribution in [0.3, 0.4) is 0 Å². The van der Waals surface area contributed by atoms with E-state index < -0.39 is 0 Å². The molecule has 15 heavy (non-hydrogen) atoms. The van der Waals surface area contributed by atoms with Crippen molar-refractivity contribution < 1.29 is 0 Å². The second-order valence-electron chi connectivity index (χ2n) is 5.29. The third-order valence-corrected chi connectivity index (χ3v) is 3.92. The van der Waals surface area contributed by atoms with E-state index in [4.69, 9.17) is 0 Å². The van der Waals surface area contributed by atoms with Crippen molar-refractivity contribution in [3.05, 3.63) is 0 Å². The van der Waals surface area contributed by atoms with E-state index >= 15 is 0 Å². The first-order chi connectivity index (χ1) is 7.25. The Kier molecular flexibility index (Phi) is 4.00. The van der Waals surface area contributed by atoms with Crippen LogP contribution in [-0.2, 0) is 0 Å². The SMILES string of the molecule is CN1CCNC(CN(C)C2CCCC2)C1. The smallest absolute Gasteiger partial charge is 0.0323 e. The summed E-state index contributed by atoms with van der Waals surface area (Å²) in [7, 11) is 4.52. The number of rotatable bonds is 3. The van der Waals surface area contributed by atoms with Crippen LogP contribution in [0.5, 0.6) is 0 Å². The number of likely N-dealkylation sites (N-methyl/N-ethyl adjacent to an activating group) is 2. The molecular formula is C12H25N3. The number of piperazine rings is 1. The van der Waals surface area contributed by atoms with Crippen LogP contribution in [-0.4, -0.2) is 62.2 Å². The largest absolute Gasteiger partial charge is 0.310 e. The van der Waals surface area contributed by atoms with Gasteiger partial charge in [0.25, 0.3) is 0 Å². The van der Waals surface area contributed by atoms with Gasteiger partial charge in [0, 0.05) is 38.3 Å². The minimum absolute atomic E-state index is 0.675. The Hall–Kier alpha value is -0.120. The predicted octanol–water partition coefficient (Wildman–Crippen LogP) is 0.764. The molecule has 0 bridgehead atoms. The monoisotopic (exact) mass is 211 g/mol. The summed E-state index contributed by atoms with van der Waals surface area (Å²) in [6.07, 6.45) is 5.71. The average molecular weight is 211 g/mol. The highest BCUT2D eigenvalue weighted by Crippen LogP contribution is 2.22. The zero-order valence-electron chi connectivity index (χ0n) is 10.2. The standard InChI is InChI=1S/C12H25N3/c1-14-8-7-13-11(9-14)10-15(2)12-5-3-4-6-12/h11-13H,3-10H2,1-2H3. The molecule has 1 N–H and O–H groups in total. The number of hydrogen-bond acceptors (Lipinski definition) is 3. The molecule has 2 aliphatic rings. The van der Waals surface area contributed by atoms with Crippen LogP contribution >= 0.6 is 0 Å². The second-order valence-corrected chi connectivity index (χ2v) is 5.29. The maximum absolute atomic E-state index is 3.62. The normalized spacial score (nSPS) is 30.2. The van der Waals surface area contributed by atoms with Crippen molar-refractivity contribution in [2.45, 2.75) is 37.8 Å². The van der Waals surface area contributed by atoms with Crippen molar-refractivity contribution in [3.8, 4) is 0 Å². The third-order valence-electron chi connectivity index (χ3n) is 3.92. The quantitative estimate of drug-likeness (QED) is 0.744. The minimum Gasteiger partial charge on any atom is -0.310 e. The molecule has 88 valence electrons. The molecule has 1 unspecified atom stereocenters. The summed E-state index contributed by atoms with van der Waals surface area (Å²) in [6, 6.07) is 1.54. The Bertz CT molecular complexity index is 189. The summed E-state index contributed by atoms with van der Waals surface area (Å²) in [5, 5.41) is 3.62. The number of nitrogens with zero attached hydrogens (tertiary/aromatic N) is 2. The fraction of sp³-hybridized carbons (Fsp3) is 1.00. The van der Waals surface area contributed by atoms with Crippen LogP contribution in [0, 0.1) is 0 Å². The van der Waals surface area contributed by atoms with Crippen LogP contribution in [0.2, 0.25) is 0 Å². The van der Waals surface area contributed by atoms with E-state index in [1.54, 1.807) is 0 Å². The van der Waals surface area contributed by atoms with Crippen LogP contribution in [0.4, 0.5) is 0 Å². The Balaban J connectivity index is 1.74. The van der Waals surface area contributed by atoms with Crippen molar-refractivity contribution in [3.63, 3.8) is 0 Å². The maximum atomic E-state index is 3.62. The van der Waals surface area contributed by atoms with E-state index in [-0.39, 0.29) is 0 Å². The molecule has 1 saturated heterocycles. The molecule has 0 aromatic heterocycles. The van der Waals surface area contributed by atoms with Gasteiger partial charge in [-0.05, 0) is 26.9 Å². The van der Waals surface area contributed by atoms with Crippen molar-refractivity contribution in [1.82, 2.24) is 15.1 Å². The Morgan fingerprint density at radius 2 is 2.07 bits per heavy atom. The molecule has 1 saturated carbocycles. The summed E-state index contributed by atoms with van der Waals surface area (Å²) < 4.78 is 0. The Morgan fingerprint density at radius 1 is 1.33 bits per heavy atom. The van der Waals surface area contributed by atoms with Gasteiger partial charge in [0.1, 0.15) is 0 Å². The molecule has 0 amide bonds. The molecule has 0 aromatic carbocycles. The molecule has 0 spiro atoms. The van der Waals surface area contributed by atoms with E-state index in [0.29, 0.717) is 6.04 Å². The van der Waals surface area contributed by atoms with Crippen molar-refractivity contribution in [2.75, 3.05) is 40.3 Å². The highest BCUT2D eigenvalue weighted by Gasteiger charge is 2.23. The molecule has 2 rings (SSSR count). The van der Waals surface area contributed by atoms with Crippen molar-refractivity contribution in [2.24, 2.45) is 0 Å². The van der Waals surface area contributed by atoms with Gasteiger partial charge in [-0.1, -0.05) is 12.8 Å². The molecule has 1 heterocycles. The van der Waals surface area contributed by atoms with Gasteiger partial charge in [0.2, 0.25) is 0 Å². The summed E-state index contributed by atoms with van der Waals surface area (Å²) in [5.41, 5.74) is 0. The van der Waals surface area contributed by atoms with Crippen LogP contribution < -0.4 is 5.32 Å². The van der Waals surface area contributed by atoms with E-state index in [2.05, 4.69) is 29.2 Å². The van der Waals surface area contributed by atoms with Crippen LogP contribution in [0.15, 0.2) is 0 Å². The highest BCUT2D eigenvalue weighted by molar-refractivity contribution is 4.83. The van der Waals surface area contributed by atoms with Crippen LogP contribution in [0.1, 0.15) is 25.7 Å². The van der Waals surface area contributed by atoms with Gasteiger partial charge in [-0.25, -0.2) is 0 Å². The number of nitrogens with one attached hydrogen (secondary N) is 1. The molecule has 3 heteroatoms. The lowest BCUT2D eigenvalue weighted by Gasteiger charge is -2.35. The predicted molar refractivity (Wildman–Crippen MR) is 64.2 cm³/mol. The zero-order valence-corrected chi connectivity index (χ0v) is 10.2. The topological polar surface area (TPSA) is 18.5 Å². The summed E-state index contributed by atoms with van der Waals surface area (Å²) in [4.78, 5) is 5.01. The van der Waals surface area contributed by atoms with E-state index in [9.17, 15) is 0 Å². The fourth-order valence-electron chi connectivity index (χ4n) is 2.96. The fourth-order valence-corrected chi connectivity index (χ4v) is 2.96. The highest BCUT2D eigenvalue weighted by atomic mass is 15.2. The van der Waals surface area contributed by atoms with Gasteiger partial charge < -0.3 is 15.1 Å². The third kappa shape index (κ3) is 3.16.